The molecule has 0 heterocycles. The third-order valence-electron chi connectivity index (χ3n) is 2.34. The molecule has 18 heavy (non-hydrogen) atoms. The number of carbonyl (C=O) groups is 1. The molecule has 0 saturated carbocycles. The van der Waals surface area contributed by atoms with Gasteiger partial charge >= 0.3 is 5.97 Å². The van der Waals surface area contributed by atoms with Crippen molar-refractivity contribution >= 4 is 22.5 Å². The van der Waals surface area contributed by atoms with E-state index in [2.05, 4.69) is 6.58 Å². The Morgan fingerprint density at radius 1 is 1.06 bits per heavy atom. The molecule has 2 rings (SSSR count). The Morgan fingerprint density at radius 3 is 2.28 bits per heavy atom. The van der Waals surface area contributed by atoms with Crippen LogP contribution in [-0.4, -0.2) is 5.97 Å². The van der Waals surface area contributed by atoms with Crippen molar-refractivity contribution < 1.29 is 9.53 Å². The molecule has 0 unspecified atom stereocenters. The van der Waals surface area contributed by atoms with Gasteiger partial charge in [0.15, 0.2) is 0 Å². The fourth-order valence-corrected chi connectivity index (χ4v) is 1.60. The Balaban J connectivity index is 0.000000771. The van der Waals surface area contributed by atoms with Gasteiger partial charge in [0, 0.05) is 12.5 Å². The van der Waals surface area contributed by atoms with Crippen LogP contribution in [0.2, 0.25) is 0 Å². The fraction of sp³-hybridized carbons (Fsp3) is 0.188. The van der Waals surface area contributed by atoms with E-state index in [0.29, 0.717) is 5.76 Å². The van der Waals surface area contributed by atoms with Crippen LogP contribution in [-0.2, 0) is 9.53 Å². The Hall–Kier alpha value is -2.09. The van der Waals surface area contributed by atoms with Crippen LogP contribution in [0.4, 0.5) is 0 Å². The lowest BCUT2D eigenvalue weighted by Crippen LogP contribution is -1.96. The molecule has 94 valence electrons. The van der Waals surface area contributed by atoms with E-state index in [4.69, 9.17) is 4.74 Å². The molecular formula is C16H18O2. The first-order chi connectivity index (χ1) is 8.66. The van der Waals surface area contributed by atoms with Crippen LogP contribution in [0.1, 0.15) is 26.3 Å². The van der Waals surface area contributed by atoms with Gasteiger partial charge in [-0.1, -0.05) is 56.8 Å². The van der Waals surface area contributed by atoms with Crippen LogP contribution in [0.15, 0.2) is 49.0 Å². The molecule has 2 aromatic rings. The van der Waals surface area contributed by atoms with Crippen LogP contribution >= 0.6 is 0 Å². The van der Waals surface area contributed by atoms with Gasteiger partial charge in [-0.25, -0.2) is 0 Å². The van der Waals surface area contributed by atoms with Crippen LogP contribution < -0.4 is 0 Å². The van der Waals surface area contributed by atoms with E-state index in [1.54, 1.807) is 0 Å². The van der Waals surface area contributed by atoms with Crippen LogP contribution in [0.25, 0.3) is 16.5 Å². The molecule has 0 bridgehead atoms. The highest BCUT2D eigenvalue weighted by Crippen LogP contribution is 2.20. The number of esters is 1. The lowest BCUT2D eigenvalue weighted by molar-refractivity contribution is -0.134. The summed E-state index contributed by atoms with van der Waals surface area (Å²) in [5.41, 5.74) is 0.828. The van der Waals surface area contributed by atoms with E-state index in [1.165, 1.54) is 6.92 Å². The smallest absolute Gasteiger partial charge is 0.308 e. The number of carbonyl (C=O) groups excluding carboxylic acids is 1. The molecule has 2 aromatic carbocycles. The number of ether oxygens (including phenoxy) is 1. The molecule has 0 aromatic heterocycles. The summed E-state index contributed by atoms with van der Waals surface area (Å²) in [5.74, 6) is 0.0383. The quantitative estimate of drug-likeness (QED) is 0.576. The van der Waals surface area contributed by atoms with E-state index in [9.17, 15) is 4.79 Å². The number of fused-ring (bicyclic) bond motifs is 1. The summed E-state index contributed by atoms with van der Waals surface area (Å²) < 4.78 is 4.95. The maximum absolute atomic E-state index is 10.8. The summed E-state index contributed by atoms with van der Waals surface area (Å²) in [4.78, 5) is 10.8. The van der Waals surface area contributed by atoms with Gasteiger partial charge in [-0.05, 0) is 16.8 Å². The van der Waals surface area contributed by atoms with Gasteiger partial charge in [-0.2, -0.15) is 0 Å². The normalized spacial score (nSPS) is 9.28. The molecular weight excluding hydrogens is 224 g/mol. The zero-order valence-electron chi connectivity index (χ0n) is 11.1. The zero-order chi connectivity index (χ0) is 13.5. The van der Waals surface area contributed by atoms with Crippen molar-refractivity contribution in [3.63, 3.8) is 0 Å². The number of hydrogen-bond acceptors (Lipinski definition) is 2. The van der Waals surface area contributed by atoms with Gasteiger partial charge in [0.25, 0.3) is 0 Å². The molecule has 0 aliphatic carbocycles. The molecule has 0 saturated heterocycles. The average Bonchev–Trinajstić information content (AvgIpc) is 2.39. The van der Waals surface area contributed by atoms with Gasteiger partial charge in [0.05, 0.1) is 0 Å². The topological polar surface area (TPSA) is 26.3 Å². The summed E-state index contributed by atoms with van der Waals surface area (Å²) in [5, 5.41) is 2.26. The predicted octanol–water partition coefficient (Wildman–Crippen LogP) is 4.40. The lowest BCUT2D eigenvalue weighted by Gasteiger charge is -2.06. The van der Waals surface area contributed by atoms with Gasteiger partial charge in [-0.3, -0.25) is 4.79 Å². The van der Waals surface area contributed by atoms with Crippen LogP contribution in [0, 0.1) is 0 Å². The maximum Gasteiger partial charge on any atom is 0.308 e. The van der Waals surface area contributed by atoms with Crippen molar-refractivity contribution in [2.75, 3.05) is 0 Å². The van der Waals surface area contributed by atoms with E-state index in [1.807, 2.05) is 56.3 Å². The summed E-state index contributed by atoms with van der Waals surface area (Å²) in [7, 11) is 0. The second-order valence-corrected chi connectivity index (χ2v) is 3.58. The van der Waals surface area contributed by atoms with Crippen LogP contribution in [0.5, 0.6) is 0 Å². The monoisotopic (exact) mass is 242 g/mol. The first-order valence-electron chi connectivity index (χ1n) is 6.03. The zero-order valence-corrected chi connectivity index (χ0v) is 11.1. The van der Waals surface area contributed by atoms with E-state index in [-0.39, 0.29) is 5.97 Å². The molecule has 0 aliphatic rings. The standard InChI is InChI=1S/C14H12O2.C2H6/c1-10(16-11(2)15)13-8-7-12-5-3-4-6-14(12)9-13;1-2/h3-9H,1H2,2H3;1-2H3. The minimum atomic E-state index is -0.349. The van der Waals surface area contributed by atoms with Crippen molar-refractivity contribution in [1.29, 1.82) is 0 Å². The Kier molecular flexibility index (Phi) is 5.12. The van der Waals surface area contributed by atoms with E-state index < -0.39 is 0 Å². The maximum atomic E-state index is 10.8. The molecule has 2 nitrogen and oxygen atoms in total. The van der Waals surface area contributed by atoms with Gasteiger partial charge in [0.2, 0.25) is 0 Å². The first kappa shape index (κ1) is 14.0. The Bertz CT molecular complexity index is 556. The first-order valence-corrected chi connectivity index (χ1v) is 6.03. The highest BCUT2D eigenvalue weighted by Gasteiger charge is 2.03. The van der Waals surface area contributed by atoms with Crippen molar-refractivity contribution in [3.05, 3.63) is 54.6 Å². The molecule has 0 atom stereocenters. The number of benzene rings is 2. The van der Waals surface area contributed by atoms with Crippen LogP contribution in [0.3, 0.4) is 0 Å². The number of rotatable bonds is 2. The highest BCUT2D eigenvalue weighted by atomic mass is 16.5. The molecule has 2 heteroatoms. The molecule has 0 amide bonds. The summed E-state index contributed by atoms with van der Waals surface area (Å²) in [6, 6.07) is 13.9. The fourth-order valence-electron chi connectivity index (χ4n) is 1.60. The summed E-state index contributed by atoms with van der Waals surface area (Å²) >= 11 is 0. The largest absolute Gasteiger partial charge is 0.427 e. The van der Waals surface area contributed by atoms with Gasteiger partial charge in [-0.15, -0.1) is 0 Å². The van der Waals surface area contributed by atoms with Crippen molar-refractivity contribution in [1.82, 2.24) is 0 Å². The third kappa shape index (κ3) is 3.45. The summed E-state index contributed by atoms with van der Waals surface area (Å²) in [6.45, 7) is 9.10. The van der Waals surface area contributed by atoms with Gasteiger partial charge in [0.1, 0.15) is 5.76 Å². The Morgan fingerprint density at radius 2 is 1.67 bits per heavy atom. The van der Waals surface area contributed by atoms with E-state index >= 15 is 0 Å². The van der Waals surface area contributed by atoms with E-state index in [0.717, 1.165) is 16.3 Å². The minimum Gasteiger partial charge on any atom is -0.427 e. The molecule has 0 N–H and O–H groups in total. The van der Waals surface area contributed by atoms with Crippen molar-refractivity contribution in [2.45, 2.75) is 20.8 Å². The summed E-state index contributed by atoms with van der Waals surface area (Å²) in [6.07, 6.45) is 0. The predicted molar refractivity (Wildman–Crippen MR) is 76.1 cm³/mol. The lowest BCUT2D eigenvalue weighted by atomic mass is 10.1. The molecule has 0 fully saturated rings. The molecule has 0 spiro atoms. The Labute approximate surface area is 108 Å². The number of hydrogen-bond donors (Lipinski definition) is 0. The molecule has 0 radical (unpaired) electrons. The van der Waals surface area contributed by atoms with Crippen molar-refractivity contribution in [2.24, 2.45) is 0 Å². The minimum absolute atomic E-state index is 0.349. The van der Waals surface area contributed by atoms with Gasteiger partial charge < -0.3 is 4.74 Å². The second-order valence-electron chi connectivity index (χ2n) is 3.58. The molecule has 0 aliphatic heterocycles. The highest BCUT2D eigenvalue weighted by molar-refractivity contribution is 5.86. The van der Waals surface area contributed by atoms with Crippen molar-refractivity contribution in [3.8, 4) is 0 Å². The SMILES string of the molecule is C=C(OC(C)=O)c1ccc2ccccc2c1.CC. The average molecular weight is 242 g/mol. The second kappa shape index (κ2) is 6.60. The third-order valence-corrected chi connectivity index (χ3v) is 2.34.